The summed E-state index contributed by atoms with van der Waals surface area (Å²) in [4.78, 5) is 14.8. The van der Waals surface area contributed by atoms with Crippen molar-refractivity contribution in [2.75, 3.05) is 18.6 Å². The molecular formula is C15H23IN4O2S. The summed E-state index contributed by atoms with van der Waals surface area (Å²) in [6.07, 6.45) is 5.60. The summed E-state index contributed by atoms with van der Waals surface area (Å²) in [5.74, 6) is 1.97. The number of halogens is 1. The quantitative estimate of drug-likeness (QED) is 0.159. The SMILES string of the molecule is CSCCCNC(=NCc1ccc([N+](=O)[O-])cc1)NC1CC1.I. The molecular weight excluding hydrogens is 427 g/mol. The Bertz CT molecular complexity index is 521. The maximum absolute atomic E-state index is 10.6. The molecule has 0 amide bonds. The predicted molar refractivity (Wildman–Crippen MR) is 107 cm³/mol. The van der Waals surface area contributed by atoms with Crippen LogP contribution in [-0.4, -0.2) is 35.5 Å². The zero-order valence-corrected chi connectivity index (χ0v) is 16.3. The van der Waals surface area contributed by atoms with Crippen LogP contribution in [0.1, 0.15) is 24.8 Å². The second-order valence-electron chi connectivity index (χ2n) is 5.28. The van der Waals surface area contributed by atoms with E-state index >= 15 is 0 Å². The van der Waals surface area contributed by atoms with Gasteiger partial charge in [0.2, 0.25) is 0 Å². The molecule has 8 heteroatoms. The van der Waals surface area contributed by atoms with E-state index in [0.717, 1.165) is 30.2 Å². The van der Waals surface area contributed by atoms with Crippen molar-refractivity contribution >= 4 is 47.4 Å². The second kappa shape index (κ2) is 10.7. The molecule has 1 fully saturated rings. The molecule has 0 radical (unpaired) electrons. The van der Waals surface area contributed by atoms with Crippen molar-refractivity contribution in [2.24, 2.45) is 4.99 Å². The maximum Gasteiger partial charge on any atom is 0.269 e. The first kappa shape index (κ1) is 20.0. The third-order valence-electron chi connectivity index (χ3n) is 3.30. The van der Waals surface area contributed by atoms with E-state index in [9.17, 15) is 10.1 Å². The minimum absolute atomic E-state index is 0. The van der Waals surface area contributed by atoms with E-state index in [2.05, 4.69) is 21.9 Å². The van der Waals surface area contributed by atoms with Gasteiger partial charge in [-0.05, 0) is 36.8 Å². The number of guanidine groups is 1. The van der Waals surface area contributed by atoms with Crippen LogP contribution in [0, 0.1) is 10.1 Å². The fraction of sp³-hybridized carbons (Fsp3) is 0.533. The molecule has 1 aromatic carbocycles. The highest BCUT2D eigenvalue weighted by atomic mass is 127. The number of non-ortho nitro benzene ring substituents is 1. The van der Waals surface area contributed by atoms with Crippen LogP contribution in [0.4, 0.5) is 5.69 Å². The first-order chi connectivity index (χ1) is 10.7. The van der Waals surface area contributed by atoms with E-state index in [-0.39, 0.29) is 34.6 Å². The van der Waals surface area contributed by atoms with E-state index in [1.54, 1.807) is 12.1 Å². The van der Waals surface area contributed by atoms with Gasteiger partial charge in [0.1, 0.15) is 0 Å². The van der Waals surface area contributed by atoms with Gasteiger partial charge in [0, 0.05) is 24.7 Å². The Labute approximate surface area is 158 Å². The molecule has 2 N–H and O–H groups in total. The molecule has 1 aromatic rings. The molecule has 1 aliphatic rings. The van der Waals surface area contributed by atoms with Crippen molar-refractivity contribution < 1.29 is 4.92 Å². The van der Waals surface area contributed by atoms with Crippen molar-refractivity contribution in [2.45, 2.75) is 31.8 Å². The number of hydrogen-bond donors (Lipinski definition) is 2. The Morgan fingerprint density at radius 2 is 2.09 bits per heavy atom. The van der Waals surface area contributed by atoms with Gasteiger partial charge in [0.25, 0.3) is 5.69 Å². The highest BCUT2D eigenvalue weighted by Crippen LogP contribution is 2.18. The normalized spacial score (nSPS) is 14.0. The molecule has 1 saturated carbocycles. The average Bonchev–Trinajstić information content (AvgIpc) is 3.33. The van der Waals surface area contributed by atoms with Gasteiger partial charge >= 0.3 is 0 Å². The molecule has 6 nitrogen and oxygen atoms in total. The van der Waals surface area contributed by atoms with Crippen molar-refractivity contribution in [3.05, 3.63) is 39.9 Å². The molecule has 0 bridgehead atoms. The van der Waals surface area contributed by atoms with Crippen molar-refractivity contribution in [1.29, 1.82) is 0 Å². The van der Waals surface area contributed by atoms with Gasteiger partial charge in [-0.15, -0.1) is 24.0 Å². The number of nitro groups is 1. The van der Waals surface area contributed by atoms with Gasteiger partial charge in [-0.25, -0.2) is 4.99 Å². The van der Waals surface area contributed by atoms with E-state index in [1.807, 2.05) is 11.8 Å². The van der Waals surface area contributed by atoms with Crippen LogP contribution in [0.2, 0.25) is 0 Å². The predicted octanol–water partition coefficient (Wildman–Crippen LogP) is 3.16. The Morgan fingerprint density at radius 3 is 2.65 bits per heavy atom. The molecule has 128 valence electrons. The third-order valence-corrected chi connectivity index (χ3v) is 4.00. The maximum atomic E-state index is 10.6. The summed E-state index contributed by atoms with van der Waals surface area (Å²) in [5.41, 5.74) is 1.07. The summed E-state index contributed by atoms with van der Waals surface area (Å²) in [6, 6.07) is 7.09. The van der Waals surface area contributed by atoms with Crippen LogP contribution in [0.5, 0.6) is 0 Å². The molecule has 23 heavy (non-hydrogen) atoms. The lowest BCUT2D eigenvalue weighted by molar-refractivity contribution is -0.384. The van der Waals surface area contributed by atoms with Crippen LogP contribution in [0.3, 0.4) is 0 Å². The topological polar surface area (TPSA) is 79.6 Å². The summed E-state index contributed by atoms with van der Waals surface area (Å²) < 4.78 is 0. The minimum atomic E-state index is -0.388. The highest BCUT2D eigenvalue weighted by Gasteiger charge is 2.22. The fourth-order valence-electron chi connectivity index (χ4n) is 1.89. The van der Waals surface area contributed by atoms with Crippen LogP contribution < -0.4 is 10.6 Å². The number of nitrogens with one attached hydrogen (secondary N) is 2. The first-order valence-electron chi connectivity index (χ1n) is 7.46. The van der Waals surface area contributed by atoms with Gasteiger partial charge in [0.15, 0.2) is 5.96 Å². The minimum Gasteiger partial charge on any atom is -0.356 e. The second-order valence-corrected chi connectivity index (χ2v) is 6.27. The number of rotatable bonds is 8. The molecule has 0 saturated heterocycles. The standard InChI is InChI=1S/C15H22N4O2S.HI/c1-22-10-2-9-16-15(18-13-5-6-13)17-11-12-3-7-14(8-4-12)19(20)21;/h3-4,7-8,13H,2,5-6,9-11H2,1H3,(H2,16,17,18);1H. The van der Waals surface area contributed by atoms with Crippen molar-refractivity contribution in [3.8, 4) is 0 Å². The van der Waals surface area contributed by atoms with Gasteiger partial charge in [0.05, 0.1) is 11.5 Å². The van der Waals surface area contributed by atoms with Crippen LogP contribution in [-0.2, 0) is 6.54 Å². The van der Waals surface area contributed by atoms with Crippen molar-refractivity contribution in [1.82, 2.24) is 10.6 Å². The number of aliphatic imine (C=N–C) groups is 1. The summed E-state index contributed by atoms with van der Waals surface area (Å²) in [5, 5.41) is 17.4. The molecule has 0 heterocycles. The first-order valence-corrected chi connectivity index (χ1v) is 8.85. The van der Waals surface area contributed by atoms with Crippen LogP contribution in [0.25, 0.3) is 0 Å². The third kappa shape index (κ3) is 7.87. The summed E-state index contributed by atoms with van der Waals surface area (Å²) >= 11 is 1.84. The molecule has 2 rings (SSSR count). The van der Waals surface area contributed by atoms with E-state index in [0.29, 0.717) is 12.6 Å². The van der Waals surface area contributed by atoms with Gasteiger partial charge in [-0.1, -0.05) is 12.1 Å². The van der Waals surface area contributed by atoms with E-state index in [1.165, 1.54) is 25.0 Å². The lowest BCUT2D eigenvalue weighted by Gasteiger charge is -2.11. The highest BCUT2D eigenvalue weighted by molar-refractivity contribution is 14.0. The van der Waals surface area contributed by atoms with E-state index < -0.39 is 0 Å². The lowest BCUT2D eigenvalue weighted by Crippen LogP contribution is -2.39. The average molecular weight is 450 g/mol. The molecule has 0 atom stereocenters. The summed E-state index contributed by atoms with van der Waals surface area (Å²) in [7, 11) is 0. The van der Waals surface area contributed by atoms with Crippen LogP contribution in [0.15, 0.2) is 29.3 Å². The Morgan fingerprint density at radius 1 is 1.39 bits per heavy atom. The zero-order chi connectivity index (χ0) is 15.8. The van der Waals surface area contributed by atoms with Crippen molar-refractivity contribution in [3.63, 3.8) is 0 Å². The smallest absolute Gasteiger partial charge is 0.269 e. The molecule has 0 unspecified atom stereocenters. The lowest BCUT2D eigenvalue weighted by atomic mass is 10.2. The number of thioether (sulfide) groups is 1. The number of nitrogens with zero attached hydrogens (tertiary/aromatic N) is 2. The molecule has 1 aliphatic carbocycles. The Hall–Kier alpha value is -1.03. The largest absolute Gasteiger partial charge is 0.356 e. The van der Waals surface area contributed by atoms with Gasteiger partial charge in [-0.3, -0.25) is 10.1 Å². The zero-order valence-electron chi connectivity index (χ0n) is 13.2. The molecule has 0 aromatic heterocycles. The van der Waals surface area contributed by atoms with Gasteiger partial charge < -0.3 is 10.6 Å². The Kier molecular flexibility index (Phi) is 9.30. The monoisotopic (exact) mass is 450 g/mol. The molecule has 0 aliphatic heterocycles. The number of benzene rings is 1. The Balaban J connectivity index is 0.00000264. The fourth-order valence-corrected chi connectivity index (χ4v) is 2.32. The number of hydrogen-bond acceptors (Lipinski definition) is 4. The molecule has 0 spiro atoms. The van der Waals surface area contributed by atoms with Crippen LogP contribution >= 0.6 is 35.7 Å². The number of nitro benzene ring substituents is 1. The summed E-state index contributed by atoms with van der Waals surface area (Å²) in [6.45, 7) is 1.42. The van der Waals surface area contributed by atoms with E-state index in [4.69, 9.17) is 0 Å². The van der Waals surface area contributed by atoms with Gasteiger partial charge in [-0.2, -0.15) is 11.8 Å².